The lowest BCUT2D eigenvalue weighted by Crippen LogP contribution is -2.15. The maximum absolute atomic E-state index is 4.30. The Kier molecular flexibility index (Phi) is 2.28. The number of aryl methyl sites for hydroxylation is 2. The van der Waals surface area contributed by atoms with Crippen LogP contribution in [0.15, 0.2) is 43.0 Å². The predicted molar refractivity (Wildman–Crippen MR) is 76.2 cm³/mol. The van der Waals surface area contributed by atoms with E-state index in [4.69, 9.17) is 0 Å². The lowest BCUT2D eigenvalue weighted by atomic mass is 9.88. The second kappa shape index (κ2) is 3.98. The maximum atomic E-state index is 4.30. The molecule has 1 atom stereocenters. The summed E-state index contributed by atoms with van der Waals surface area (Å²) in [6.07, 6.45) is 8.58. The number of benzene rings is 1. The normalized spacial score (nSPS) is 18.7. The lowest BCUT2D eigenvalue weighted by Gasteiger charge is -2.24. The first-order chi connectivity index (χ1) is 9.33. The quantitative estimate of drug-likeness (QED) is 0.650. The van der Waals surface area contributed by atoms with Crippen molar-refractivity contribution < 1.29 is 0 Å². The zero-order valence-corrected chi connectivity index (χ0v) is 11.1. The van der Waals surface area contributed by atoms with Crippen molar-refractivity contribution in [2.45, 2.75) is 25.3 Å². The summed E-state index contributed by atoms with van der Waals surface area (Å²) < 4.78 is 4.47. The molecule has 3 aromatic rings. The Bertz CT molecular complexity index is 735. The predicted octanol–water partition coefficient (Wildman–Crippen LogP) is 3.30. The number of fused-ring (bicyclic) bond motifs is 2. The van der Waals surface area contributed by atoms with Crippen LogP contribution in [0.3, 0.4) is 0 Å². The fourth-order valence-electron chi connectivity index (χ4n) is 3.28. The summed E-state index contributed by atoms with van der Waals surface area (Å²) in [5, 5.41) is 1.33. The van der Waals surface area contributed by atoms with E-state index in [1.165, 1.54) is 35.0 Å². The molecule has 0 saturated heterocycles. The van der Waals surface area contributed by atoms with E-state index < -0.39 is 0 Å². The van der Waals surface area contributed by atoms with Gasteiger partial charge in [-0.15, -0.1) is 0 Å². The summed E-state index contributed by atoms with van der Waals surface area (Å²) in [6.45, 7) is 1.11. The molecule has 1 unspecified atom stereocenters. The van der Waals surface area contributed by atoms with Crippen LogP contribution >= 0.6 is 0 Å². The third kappa shape index (κ3) is 1.61. The van der Waals surface area contributed by atoms with Gasteiger partial charge in [-0.3, -0.25) is 0 Å². The second-order valence-corrected chi connectivity index (χ2v) is 5.45. The van der Waals surface area contributed by atoms with Gasteiger partial charge in [0.1, 0.15) is 0 Å². The summed E-state index contributed by atoms with van der Waals surface area (Å²) >= 11 is 0. The molecule has 0 saturated carbocycles. The van der Waals surface area contributed by atoms with Crippen molar-refractivity contribution in [2.75, 3.05) is 0 Å². The number of imidazole rings is 1. The fraction of sp³-hybridized carbons (Fsp3) is 0.312. The highest BCUT2D eigenvalue weighted by molar-refractivity contribution is 5.81. The Labute approximate surface area is 112 Å². The first-order valence-corrected chi connectivity index (χ1v) is 6.88. The van der Waals surface area contributed by atoms with E-state index >= 15 is 0 Å². The molecule has 96 valence electrons. The minimum Gasteiger partial charge on any atom is -0.351 e. The molecule has 3 nitrogen and oxygen atoms in total. The van der Waals surface area contributed by atoms with Crippen LogP contribution in [-0.2, 0) is 13.6 Å². The van der Waals surface area contributed by atoms with Crippen molar-refractivity contribution >= 4 is 10.9 Å². The highest BCUT2D eigenvalue weighted by Crippen LogP contribution is 2.34. The topological polar surface area (TPSA) is 22.8 Å². The Morgan fingerprint density at radius 1 is 1.26 bits per heavy atom. The molecular weight excluding hydrogens is 234 g/mol. The number of rotatable bonds is 1. The lowest BCUT2D eigenvalue weighted by molar-refractivity contribution is 0.491. The van der Waals surface area contributed by atoms with Crippen molar-refractivity contribution in [3.8, 4) is 0 Å². The first-order valence-electron chi connectivity index (χ1n) is 6.88. The average Bonchev–Trinajstić information content (AvgIpc) is 3.05. The van der Waals surface area contributed by atoms with Crippen LogP contribution in [0, 0.1) is 0 Å². The van der Waals surface area contributed by atoms with Gasteiger partial charge in [-0.05, 0) is 42.0 Å². The van der Waals surface area contributed by atoms with Crippen molar-refractivity contribution in [3.63, 3.8) is 0 Å². The summed E-state index contributed by atoms with van der Waals surface area (Å²) in [7, 11) is 2.09. The molecule has 1 aliphatic heterocycles. The molecule has 3 heterocycles. The second-order valence-electron chi connectivity index (χ2n) is 5.45. The first kappa shape index (κ1) is 10.9. The molecule has 19 heavy (non-hydrogen) atoms. The highest BCUT2D eigenvalue weighted by Gasteiger charge is 2.22. The average molecular weight is 251 g/mol. The molecule has 0 fully saturated rings. The Morgan fingerprint density at radius 3 is 3.16 bits per heavy atom. The van der Waals surface area contributed by atoms with Crippen LogP contribution in [0.2, 0.25) is 0 Å². The van der Waals surface area contributed by atoms with E-state index in [1.807, 2.05) is 12.5 Å². The van der Waals surface area contributed by atoms with Crippen molar-refractivity contribution in [2.24, 2.45) is 7.05 Å². The molecule has 0 amide bonds. The van der Waals surface area contributed by atoms with Crippen LogP contribution in [-0.4, -0.2) is 14.1 Å². The van der Waals surface area contributed by atoms with Gasteiger partial charge in [-0.2, -0.15) is 0 Å². The van der Waals surface area contributed by atoms with Gasteiger partial charge in [-0.25, -0.2) is 4.98 Å². The molecule has 3 heteroatoms. The minimum atomic E-state index is 0.501. The Balaban J connectivity index is 1.83. The van der Waals surface area contributed by atoms with E-state index in [0.717, 1.165) is 6.54 Å². The molecule has 0 radical (unpaired) electrons. The summed E-state index contributed by atoms with van der Waals surface area (Å²) in [5.74, 6) is 0.501. The number of nitrogens with zero attached hydrogens (tertiary/aromatic N) is 3. The summed E-state index contributed by atoms with van der Waals surface area (Å²) in [6, 6.07) is 9.04. The van der Waals surface area contributed by atoms with Gasteiger partial charge >= 0.3 is 0 Å². The van der Waals surface area contributed by atoms with Gasteiger partial charge in [0.25, 0.3) is 0 Å². The molecule has 1 aliphatic rings. The summed E-state index contributed by atoms with van der Waals surface area (Å²) in [5.41, 5.74) is 4.08. The number of hydrogen-bond acceptors (Lipinski definition) is 1. The van der Waals surface area contributed by atoms with Crippen molar-refractivity contribution in [3.05, 3.63) is 54.2 Å². The van der Waals surface area contributed by atoms with Crippen molar-refractivity contribution in [1.82, 2.24) is 14.1 Å². The molecule has 0 bridgehead atoms. The molecule has 2 aromatic heterocycles. The molecule has 0 spiro atoms. The Hall–Kier alpha value is -2.03. The third-order valence-corrected chi connectivity index (χ3v) is 4.30. The van der Waals surface area contributed by atoms with Crippen molar-refractivity contribution in [1.29, 1.82) is 0 Å². The summed E-state index contributed by atoms with van der Waals surface area (Å²) in [4.78, 5) is 4.30. The van der Waals surface area contributed by atoms with Gasteiger partial charge in [0.05, 0.1) is 6.33 Å². The van der Waals surface area contributed by atoms with Gasteiger partial charge in [-0.1, -0.05) is 6.07 Å². The molecule has 4 rings (SSSR count). The van der Waals surface area contributed by atoms with Crippen LogP contribution in [0.1, 0.15) is 30.0 Å². The zero-order chi connectivity index (χ0) is 12.8. The van der Waals surface area contributed by atoms with E-state index in [-0.39, 0.29) is 0 Å². The van der Waals surface area contributed by atoms with Gasteiger partial charge < -0.3 is 9.13 Å². The third-order valence-electron chi connectivity index (χ3n) is 4.30. The van der Waals surface area contributed by atoms with E-state index in [2.05, 4.69) is 51.6 Å². The van der Waals surface area contributed by atoms with Gasteiger partial charge in [0.2, 0.25) is 0 Å². The molecular formula is C16H17N3. The van der Waals surface area contributed by atoms with Crippen LogP contribution in [0.5, 0.6) is 0 Å². The minimum absolute atomic E-state index is 0.501. The van der Waals surface area contributed by atoms with Gasteiger partial charge in [0, 0.05) is 43.1 Å². The maximum Gasteiger partial charge on any atom is 0.0948 e. The Morgan fingerprint density at radius 2 is 2.21 bits per heavy atom. The fourth-order valence-corrected chi connectivity index (χ4v) is 3.28. The number of aromatic nitrogens is 3. The van der Waals surface area contributed by atoms with E-state index in [0.29, 0.717) is 5.92 Å². The largest absolute Gasteiger partial charge is 0.351 e. The van der Waals surface area contributed by atoms with E-state index in [1.54, 1.807) is 0 Å². The van der Waals surface area contributed by atoms with Crippen LogP contribution in [0.25, 0.3) is 10.9 Å². The standard InChI is InChI=1S/C16H17N3/c1-18-8-6-13-9-12(4-5-15(13)18)14-3-2-7-19-11-17-10-16(14)19/h4-6,8-11,14H,2-3,7H2,1H3. The van der Waals surface area contributed by atoms with E-state index in [9.17, 15) is 0 Å². The molecule has 0 N–H and O–H groups in total. The highest BCUT2D eigenvalue weighted by atomic mass is 15.1. The zero-order valence-electron chi connectivity index (χ0n) is 11.1. The monoisotopic (exact) mass is 251 g/mol. The van der Waals surface area contributed by atoms with Gasteiger partial charge in [0.15, 0.2) is 0 Å². The molecule has 0 aliphatic carbocycles. The SMILES string of the molecule is Cn1ccc2cc(C3CCCn4cncc43)ccc21. The van der Waals surface area contributed by atoms with Crippen LogP contribution < -0.4 is 0 Å². The molecule has 1 aromatic carbocycles. The van der Waals surface area contributed by atoms with Crippen LogP contribution in [0.4, 0.5) is 0 Å². The smallest absolute Gasteiger partial charge is 0.0948 e. The number of hydrogen-bond donors (Lipinski definition) is 0.